The van der Waals surface area contributed by atoms with Gasteiger partial charge in [0.05, 0.1) is 24.2 Å². The van der Waals surface area contributed by atoms with Gasteiger partial charge in [-0.05, 0) is 133 Å². The Morgan fingerprint density at radius 3 is 1.11 bits per heavy atom. The topological polar surface area (TPSA) is 181 Å². The zero-order valence-corrected chi connectivity index (χ0v) is 41.6. The van der Waals surface area contributed by atoms with Crippen LogP contribution in [0.3, 0.4) is 0 Å². The standard InChI is InChI=1S/C57H72N8O6/c1-36(58-3)52(66)60-46-29-25-38(34-44-27-31-48(64(44)56(46)70)54(68)62-50(40-17-9-5-10-18-40)41-19-11-6-12-20-41)33-39-26-30-47(61-53(67)37(2)59-4)57(71)65-45(35-39)28-32-49(65)55(69)63-51(42-21-13-7-14-22-42)43-23-15-8-16-24-43/h5-24,36-39,44-51,58-59H,25-35H2,1-4H3,(H,60,66)(H,61,67)(H,62,68)(H,63,69)/t36-,37-,38?,39?,44+,45+,46-,47-,48-,49-/m0/s1. The van der Waals surface area contributed by atoms with E-state index in [-0.39, 0.29) is 59.4 Å². The molecule has 2 unspecified atom stereocenters. The van der Waals surface area contributed by atoms with Gasteiger partial charge in [0.1, 0.15) is 24.2 Å². The van der Waals surface area contributed by atoms with Crippen molar-refractivity contribution in [1.82, 2.24) is 41.7 Å². The summed E-state index contributed by atoms with van der Waals surface area (Å²) in [6.45, 7) is 3.52. The van der Waals surface area contributed by atoms with Gasteiger partial charge >= 0.3 is 0 Å². The van der Waals surface area contributed by atoms with Crippen LogP contribution in [-0.2, 0) is 28.8 Å². The summed E-state index contributed by atoms with van der Waals surface area (Å²) in [5.41, 5.74) is 3.73. The van der Waals surface area contributed by atoms with Gasteiger partial charge in [0.2, 0.25) is 35.4 Å². The molecule has 4 aliphatic rings. The fourth-order valence-corrected chi connectivity index (χ4v) is 11.6. The van der Waals surface area contributed by atoms with Gasteiger partial charge < -0.3 is 41.7 Å². The van der Waals surface area contributed by atoms with E-state index in [1.54, 1.807) is 37.7 Å². The van der Waals surface area contributed by atoms with Crippen molar-refractivity contribution in [2.45, 2.75) is 145 Å². The number of hydrogen-bond acceptors (Lipinski definition) is 8. The SMILES string of the molecule is CN[C@@H](C)C(=O)N[C@H]1CCC(CC2CC[C@H](NC(=O)[C@H](C)NC)C(=O)N3[C@H](CC[C@H]3C(=O)NC(c3ccccc3)c3ccccc3)C2)C[C@H]2CC[C@@H](C(=O)NC(c3ccccc3)c3ccccc3)N2C1=O. The van der Waals surface area contributed by atoms with Crippen molar-refractivity contribution in [3.05, 3.63) is 144 Å². The van der Waals surface area contributed by atoms with Crippen LogP contribution in [0.4, 0.5) is 0 Å². The second-order valence-electron chi connectivity index (χ2n) is 20.2. The molecule has 14 heteroatoms. The van der Waals surface area contributed by atoms with Crippen LogP contribution >= 0.6 is 0 Å². The first-order chi connectivity index (χ1) is 34.4. The molecule has 4 saturated heterocycles. The summed E-state index contributed by atoms with van der Waals surface area (Å²) < 4.78 is 0. The quantitative estimate of drug-likeness (QED) is 0.0829. The van der Waals surface area contributed by atoms with E-state index >= 15 is 0 Å². The molecule has 8 rings (SSSR count). The number of amides is 6. The van der Waals surface area contributed by atoms with Crippen LogP contribution in [0.25, 0.3) is 0 Å². The maximum absolute atomic E-state index is 14.8. The van der Waals surface area contributed by atoms with Gasteiger partial charge in [-0.15, -0.1) is 0 Å². The Labute approximate surface area is 418 Å². The molecular formula is C57H72N8O6. The van der Waals surface area contributed by atoms with E-state index in [2.05, 4.69) is 31.9 Å². The van der Waals surface area contributed by atoms with Crippen LogP contribution in [0.1, 0.15) is 119 Å². The Morgan fingerprint density at radius 1 is 0.479 bits per heavy atom. The lowest BCUT2D eigenvalue weighted by molar-refractivity contribution is -0.145. The van der Waals surface area contributed by atoms with E-state index in [1.165, 1.54) is 0 Å². The molecule has 0 aromatic heterocycles. The molecule has 0 aliphatic carbocycles. The van der Waals surface area contributed by atoms with E-state index < -0.39 is 48.3 Å². The largest absolute Gasteiger partial charge is 0.343 e. The first kappa shape index (κ1) is 51.0. The third kappa shape index (κ3) is 12.0. The number of benzene rings is 4. The Morgan fingerprint density at radius 2 is 0.803 bits per heavy atom. The summed E-state index contributed by atoms with van der Waals surface area (Å²) in [5, 5.41) is 18.8. The minimum Gasteiger partial charge on any atom is -0.343 e. The molecule has 0 radical (unpaired) electrons. The van der Waals surface area contributed by atoms with E-state index in [0.717, 1.165) is 28.7 Å². The molecule has 6 amide bonds. The Balaban J connectivity index is 1.04. The second-order valence-corrected chi connectivity index (χ2v) is 20.2. The van der Waals surface area contributed by atoms with Crippen LogP contribution < -0.4 is 31.9 Å². The molecule has 376 valence electrons. The van der Waals surface area contributed by atoms with Crippen molar-refractivity contribution in [1.29, 1.82) is 0 Å². The molecule has 4 aliphatic heterocycles. The number of carbonyl (C=O) groups excluding carboxylic acids is 6. The maximum atomic E-state index is 14.8. The first-order valence-corrected chi connectivity index (χ1v) is 25.8. The fraction of sp³-hybridized carbons (Fsp3) is 0.474. The van der Waals surface area contributed by atoms with Crippen LogP contribution in [0.15, 0.2) is 121 Å². The highest BCUT2D eigenvalue weighted by Crippen LogP contribution is 2.41. The van der Waals surface area contributed by atoms with Crippen LogP contribution in [0.2, 0.25) is 0 Å². The number of fused-ring (bicyclic) bond motifs is 2. The van der Waals surface area contributed by atoms with Crippen molar-refractivity contribution in [3.63, 3.8) is 0 Å². The Hall–Kier alpha value is -6.38. The molecule has 4 heterocycles. The third-order valence-corrected chi connectivity index (χ3v) is 15.7. The molecule has 0 saturated carbocycles. The van der Waals surface area contributed by atoms with E-state index in [9.17, 15) is 28.8 Å². The van der Waals surface area contributed by atoms with Crippen LogP contribution in [-0.4, -0.2) is 108 Å². The smallest absolute Gasteiger partial charge is 0.246 e. The molecule has 14 nitrogen and oxygen atoms in total. The average Bonchev–Trinajstić information content (AvgIpc) is 4.02. The number of nitrogens with one attached hydrogen (secondary N) is 6. The zero-order valence-electron chi connectivity index (χ0n) is 41.6. The highest BCUT2D eigenvalue weighted by atomic mass is 16.2. The van der Waals surface area contributed by atoms with Gasteiger partial charge in [-0.2, -0.15) is 0 Å². The van der Waals surface area contributed by atoms with Crippen molar-refractivity contribution in [2.75, 3.05) is 14.1 Å². The van der Waals surface area contributed by atoms with Gasteiger partial charge in [0.25, 0.3) is 0 Å². The zero-order chi connectivity index (χ0) is 50.0. The van der Waals surface area contributed by atoms with Crippen molar-refractivity contribution in [2.24, 2.45) is 11.8 Å². The summed E-state index contributed by atoms with van der Waals surface area (Å²) in [7, 11) is 3.41. The van der Waals surface area contributed by atoms with Gasteiger partial charge in [0, 0.05) is 12.1 Å². The molecule has 4 aromatic rings. The Kier molecular flexibility index (Phi) is 17.0. The molecule has 0 bridgehead atoms. The fourth-order valence-electron chi connectivity index (χ4n) is 11.6. The molecule has 71 heavy (non-hydrogen) atoms. The first-order valence-electron chi connectivity index (χ1n) is 25.8. The minimum atomic E-state index is -0.819. The van der Waals surface area contributed by atoms with Gasteiger partial charge in [0.15, 0.2) is 0 Å². The monoisotopic (exact) mass is 965 g/mol. The lowest BCUT2D eigenvalue weighted by Crippen LogP contribution is -2.59. The van der Waals surface area contributed by atoms with E-state index in [1.807, 2.05) is 121 Å². The molecule has 4 aromatic carbocycles. The summed E-state index contributed by atoms with van der Waals surface area (Å²) in [6.07, 6.45) is 6.65. The number of rotatable bonds is 16. The Bertz CT molecular complexity index is 2200. The molecular weight excluding hydrogens is 893 g/mol. The van der Waals surface area contributed by atoms with E-state index in [4.69, 9.17) is 0 Å². The lowest BCUT2D eigenvalue weighted by Gasteiger charge is -2.40. The van der Waals surface area contributed by atoms with Crippen molar-refractivity contribution in [3.8, 4) is 0 Å². The van der Waals surface area contributed by atoms with Crippen molar-refractivity contribution >= 4 is 35.4 Å². The number of likely N-dealkylation sites (N-methyl/N-ethyl adjacent to an activating group) is 2. The van der Waals surface area contributed by atoms with Crippen LogP contribution in [0.5, 0.6) is 0 Å². The maximum Gasteiger partial charge on any atom is 0.246 e. The highest BCUT2D eigenvalue weighted by molar-refractivity contribution is 5.95. The third-order valence-electron chi connectivity index (χ3n) is 15.7. The molecule has 4 fully saturated rings. The van der Waals surface area contributed by atoms with Gasteiger partial charge in [-0.25, -0.2) is 0 Å². The molecule has 0 spiro atoms. The van der Waals surface area contributed by atoms with Gasteiger partial charge in [-0.3, -0.25) is 28.8 Å². The summed E-state index contributed by atoms with van der Waals surface area (Å²) in [5.74, 6) is -1.22. The lowest BCUT2D eigenvalue weighted by atomic mass is 9.78. The molecule has 10 atom stereocenters. The molecule has 6 N–H and O–H groups in total. The van der Waals surface area contributed by atoms with Crippen molar-refractivity contribution < 1.29 is 28.8 Å². The number of carbonyl (C=O) groups is 6. The summed E-state index contributed by atoms with van der Waals surface area (Å²) >= 11 is 0. The summed E-state index contributed by atoms with van der Waals surface area (Å²) in [4.78, 5) is 89.4. The van der Waals surface area contributed by atoms with Gasteiger partial charge in [-0.1, -0.05) is 121 Å². The predicted molar refractivity (Wildman–Crippen MR) is 273 cm³/mol. The minimum absolute atomic E-state index is 0.129. The van der Waals surface area contributed by atoms with Crippen LogP contribution in [0, 0.1) is 11.8 Å². The second kappa shape index (κ2) is 23.7. The van der Waals surface area contributed by atoms with E-state index in [0.29, 0.717) is 64.2 Å². The number of nitrogens with zero attached hydrogens (tertiary/aromatic N) is 2. The summed E-state index contributed by atoms with van der Waals surface area (Å²) in [6, 6.07) is 33.9. The average molecular weight is 965 g/mol. The normalized spacial score (nSPS) is 25.4. The predicted octanol–water partition coefficient (Wildman–Crippen LogP) is 5.69. The number of hydrogen-bond donors (Lipinski definition) is 6. The highest BCUT2D eigenvalue weighted by Gasteiger charge is 2.48.